The molecule has 20 heavy (non-hydrogen) atoms. The Bertz CT molecular complexity index is 907. The maximum absolute atomic E-state index is 6.12. The van der Waals surface area contributed by atoms with Crippen molar-refractivity contribution in [2.45, 2.75) is 0 Å². The highest BCUT2D eigenvalue weighted by Gasteiger charge is 2.07. The normalized spacial score (nSPS) is 11.2. The highest BCUT2D eigenvalue weighted by atomic mass is 32.1. The van der Waals surface area contributed by atoms with Crippen molar-refractivity contribution in [1.29, 1.82) is 0 Å². The minimum Gasteiger partial charge on any atom is -0.135 e. The molecule has 0 bridgehead atoms. The van der Waals surface area contributed by atoms with Gasteiger partial charge in [-0.3, -0.25) is 0 Å². The van der Waals surface area contributed by atoms with Crippen molar-refractivity contribution in [1.82, 2.24) is 0 Å². The second-order valence-electron chi connectivity index (χ2n) is 4.90. The lowest BCUT2D eigenvalue weighted by molar-refractivity contribution is 1.66. The van der Waals surface area contributed by atoms with E-state index < -0.39 is 0 Å². The molecule has 1 heterocycles. The van der Waals surface area contributed by atoms with Gasteiger partial charge >= 0.3 is 0 Å². The summed E-state index contributed by atoms with van der Waals surface area (Å²) in [6.07, 6.45) is 0. The smallest absolute Gasteiger partial charge is 0.114 e. The summed E-state index contributed by atoms with van der Waals surface area (Å²) < 4.78 is 2.55. The first kappa shape index (κ1) is 11.7. The van der Waals surface area contributed by atoms with Gasteiger partial charge in [-0.2, -0.15) is 0 Å². The average molecular weight is 270 g/mol. The molecule has 0 unspecified atom stereocenters. The van der Waals surface area contributed by atoms with Crippen molar-refractivity contribution >= 4 is 44.8 Å². The Morgan fingerprint density at radius 2 is 1.55 bits per heavy atom. The summed E-state index contributed by atoms with van der Waals surface area (Å²) in [5.74, 6) is 0. The van der Waals surface area contributed by atoms with Crippen LogP contribution in [0.3, 0.4) is 0 Å². The van der Waals surface area contributed by atoms with Crippen LogP contribution in [-0.2, 0) is 0 Å². The van der Waals surface area contributed by atoms with Crippen LogP contribution in [0.2, 0.25) is 0 Å². The van der Waals surface area contributed by atoms with Crippen molar-refractivity contribution in [2.75, 3.05) is 0 Å². The first-order valence-corrected chi connectivity index (χ1v) is 7.41. The second-order valence-corrected chi connectivity index (χ2v) is 5.98. The van der Waals surface area contributed by atoms with Gasteiger partial charge in [-0.25, -0.2) is 0 Å². The number of hydrogen-bond donors (Lipinski definition) is 0. The molecule has 0 saturated carbocycles. The topological polar surface area (TPSA) is 0 Å². The summed E-state index contributed by atoms with van der Waals surface area (Å²) in [6, 6.07) is 23.2. The molecule has 2 radical (unpaired) electrons. The van der Waals surface area contributed by atoms with Gasteiger partial charge in [0.25, 0.3) is 0 Å². The first-order chi connectivity index (χ1) is 9.83. The average Bonchev–Trinajstić information content (AvgIpc) is 2.87. The van der Waals surface area contributed by atoms with Gasteiger partial charge < -0.3 is 0 Å². The van der Waals surface area contributed by atoms with E-state index >= 15 is 0 Å². The maximum atomic E-state index is 6.12. The molecule has 0 amide bonds. The fraction of sp³-hybridized carbons (Fsp3) is 0. The summed E-state index contributed by atoms with van der Waals surface area (Å²) in [5, 5.41) is 2.44. The first-order valence-electron chi connectivity index (χ1n) is 6.59. The van der Waals surface area contributed by atoms with E-state index in [1.54, 1.807) is 11.3 Å². The Kier molecular flexibility index (Phi) is 2.64. The molecule has 4 rings (SSSR count). The minimum atomic E-state index is 0.862. The molecular weight excluding hydrogens is 259 g/mol. The van der Waals surface area contributed by atoms with Crippen LogP contribution in [-0.4, -0.2) is 7.85 Å². The summed E-state index contributed by atoms with van der Waals surface area (Å²) >= 11 is 1.80. The fourth-order valence-electron chi connectivity index (χ4n) is 2.66. The molecule has 2 heteroatoms. The van der Waals surface area contributed by atoms with E-state index in [1.807, 2.05) is 18.2 Å². The predicted molar refractivity (Wildman–Crippen MR) is 90.2 cm³/mol. The Hall–Kier alpha value is -2.06. The highest BCUT2D eigenvalue weighted by molar-refractivity contribution is 7.26. The van der Waals surface area contributed by atoms with E-state index in [0.717, 1.165) is 5.46 Å². The van der Waals surface area contributed by atoms with E-state index in [2.05, 4.69) is 48.5 Å². The van der Waals surface area contributed by atoms with Crippen molar-refractivity contribution < 1.29 is 0 Å². The zero-order valence-electron chi connectivity index (χ0n) is 10.8. The lowest BCUT2D eigenvalue weighted by Crippen LogP contribution is -2.00. The van der Waals surface area contributed by atoms with Crippen molar-refractivity contribution in [2.24, 2.45) is 0 Å². The molecule has 0 atom stereocenters. The van der Waals surface area contributed by atoms with Gasteiger partial charge in [0, 0.05) is 9.40 Å². The summed E-state index contributed by atoms with van der Waals surface area (Å²) in [5.41, 5.74) is 3.37. The Morgan fingerprint density at radius 3 is 2.40 bits per heavy atom. The van der Waals surface area contributed by atoms with Gasteiger partial charge in [-0.1, -0.05) is 60.1 Å². The molecule has 4 aromatic rings. The maximum Gasteiger partial charge on any atom is 0.114 e. The molecule has 1 aromatic heterocycles. The summed E-state index contributed by atoms with van der Waals surface area (Å²) in [6.45, 7) is 0. The molecule has 0 aliphatic rings. The quantitative estimate of drug-likeness (QED) is 0.446. The standard InChI is InChI=1S/C18H11BS/c19-15-7-4-8-16-18(15)14-10-9-13(11-17(14)20-16)12-5-2-1-3-6-12/h1-11H. The molecular formula is C18H11BS. The highest BCUT2D eigenvalue weighted by Crippen LogP contribution is 2.35. The number of benzene rings is 3. The predicted octanol–water partition coefficient (Wildman–Crippen LogP) is 4.52. The molecule has 0 nitrogen and oxygen atoms in total. The van der Waals surface area contributed by atoms with E-state index in [4.69, 9.17) is 7.85 Å². The molecule has 0 spiro atoms. The van der Waals surface area contributed by atoms with Gasteiger partial charge in [0.2, 0.25) is 0 Å². The van der Waals surface area contributed by atoms with Crippen LogP contribution in [0.1, 0.15) is 0 Å². The van der Waals surface area contributed by atoms with Crippen molar-refractivity contribution in [3.05, 3.63) is 66.7 Å². The van der Waals surface area contributed by atoms with Gasteiger partial charge in [-0.15, -0.1) is 11.3 Å². The zero-order valence-corrected chi connectivity index (χ0v) is 11.7. The third-order valence-corrected chi connectivity index (χ3v) is 4.75. The Balaban J connectivity index is 2.01. The van der Waals surface area contributed by atoms with Crippen LogP contribution in [0.4, 0.5) is 0 Å². The third kappa shape index (κ3) is 1.76. The second kappa shape index (κ2) is 4.50. The zero-order chi connectivity index (χ0) is 13.5. The molecule has 0 fully saturated rings. The summed E-state index contributed by atoms with van der Waals surface area (Å²) in [4.78, 5) is 0. The fourth-order valence-corrected chi connectivity index (χ4v) is 3.84. The van der Waals surface area contributed by atoms with Gasteiger partial charge in [0.05, 0.1) is 0 Å². The van der Waals surface area contributed by atoms with E-state index in [1.165, 1.54) is 31.3 Å². The lowest BCUT2D eigenvalue weighted by Gasteiger charge is -2.02. The van der Waals surface area contributed by atoms with Gasteiger partial charge in [0.1, 0.15) is 7.85 Å². The molecule has 0 saturated heterocycles. The molecule has 3 aromatic carbocycles. The molecule has 0 aliphatic carbocycles. The number of thiophene rings is 1. The SMILES string of the molecule is [B]c1cccc2sc3cc(-c4ccccc4)ccc3c12. The van der Waals surface area contributed by atoms with Crippen LogP contribution < -0.4 is 5.46 Å². The van der Waals surface area contributed by atoms with Gasteiger partial charge in [-0.05, 0) is 34.0 Å². The van der Waals surface area contributed by atoms with Gasteiger partial charge in [0.15, 0.2) is 0 Å². The Morgan fingerprint density at radius 1 is 0.700 bits per heavy atom. The van der Waals surface area contributed by atoms with E-state index in [9.17, 15) is 0 Å². The van der Waals surface area contributed by atoms with Crippen LogP contribution in [0.15, 0.2) is 66.7 Å². The molecule has 0 N–H and O–H groups in total. The molecule has 92 valence electrons. The number of fused-ring (bicyclic) bond motifs is 3. The Labute approximate surface area is 123 Å². The van der Waals surface area contributed by atoms with Crippen molar-refractivity contribution in [3.63, 3.8) is 0 Å². The number of hydrogen-bond acceptors (Lipinski definition) is 1. The van der Waals surface area contributed by atoms with Crippen molar-refractivity contribution in [3.8, 4) is 11.1 Å². The van der Waals surface area contributed by atoms with Crippen LogP contribution in [0, 0.1) is 0 Å². The third-order valence-electron chi connectivity index (χ3n) is 3.64. The van der Waals surface area contributed by atoms with Crippen LogP contribution in [0.25, 0.3) is 31.3 Å². The lowest BCUT2D eigenvalue weighted by atomic mass is 9.91. The van der Waals surface area contributed by atoms with E-state index in [-0.39, 0.29) is 0 Å². The minimum absolute atomic E-state index is 0.862. The van der Waals surface area contributed by atoms with Crippen LogP contribution in [0.5, 0.6) is 0 Å². The van der Waals surface area contributed by atoms with E-state index in [0.29, 0.717) is 0 Å². The largest absolute Gasteiger partial charge is 0.135 e. The monoisotopic (exact) mass is 270 g/mol. The van der Waals surface area contributed by atoms with Crippen LogP contribution >= 0.6 is 11.3 Å². The summed E-state index contributed by atoms with van der Waals surface area (Å²) in [7, 11) is 6.12. The molecule has 0 aliphatic heterocycles. The number of rotatable bonds is 1.